The van der Waals surface area contributed by atoms with Gasteiger partial charge in [0, 0.05) is 18.6 Å². The predicted molar refractivity (Wildman–Crippen MR) is 71.8 cm³/mol. The van der Waals surface area contributed by atoms with Crippen LogP contribution in [0.15, 0.2) is 0 Å². The Balaban J connectivity index is 2.49. The molecule has 0 amide bonds. The van der Waals surface area contributed by atoms with Gasteiger partial charge in [-0.1, -0.05) is 27.7 Å². The van der Waals surface area contributed by atoms with Gasteiger partial charge >= 0.3 is 0 Å². The molecule has 2 atom stereocenters. The van der Waals surface area contributed by atoms with Gasteiger partial charge in [0.05, 0.1) is 0 Å². The summed E-state index contributed by atoms with van der Waals surface area (Å²) in [6.45, 7) is 15.3. The molecule has 96 valence electrons. The molecule has 16 heavy (non-hydrogen) atoms. The van der Waals surface area contributed by atoms with Crippen LogP contribution in [0.3, 0.4) is 0 Å². The fourth-order valence-corrected chi connectivity index (χ4v) is 2.46. The van der Waals surface area contributed by atoms with E-state index in [-0.39, 0.29) is 0 Å². The molecule has 0 aromatic carbocycles. The zero-order valence-electron chi connectivity index (χ0n) is 11.8. The lowest BCUT2D eigenvalue weighted by Gasteiger charge is -2.36. The molecule has 2 heteroatoms. The Bertz CT molecular complexity index is 195. The van der Waals surface area contributed by atoms with Gasteiger partial charge in [0.1, 0.15) is 0 Å². The largest absolute Gasteiger partial charge is 0.312 e. The summed E-state index contributed by atoms with van der Waals surface area (Å²) in [5.41, 5.74) is 0.359. The lowest BCUT2D eigenvalue weighted by Crippen LogP contribution is -2.49. The lowest BCUT2D eigenvalue weighted by atomic mass is 9.86. The average Bonchev–Trinajstić information content (AvgIpc) is 2.57. The van der Waals surface area contributed by atoms with E-state index in [4.69, 9.17) is 0 Å². The van der Waals surface area contributed by atoms with Crippen molar-refractivity contribution in [2.24, 2.45) is 5.41 Å². The number of rotatable bonds is 5. The normalized spacial score (nSPS) is 24.9. The maximum Gasteiger partial charge on any atom is 0.0243 e. The summed E-state index contributed by atoms with van der Waals surface area (Å²) in [6, 6.07) is 1.40. The number of likely N-dealkylation sites (tertiary alicyclic amines) is 1. The van der Waals surface area contributed by atoms with Crippen molar-refractivity contribution < 1.29 is 0 Å². The molecule has 1 heterocycles. The minimum Gasteiger partial charge on any atom is -0.312 e. The maximum atomic E-state index is 3.72. The average molecular weight is 226 g/mol. The molecule has 1 N–H and O–H groups in total. The topological polar surface area (TPSA) is 15.3 Å². The molecule has 0 aromatic rings. The minimum absolute atomic E-state index is 0.359. The third-order valence-electron chi connectivity index (χ3n) is 3.79. The van der Waals surface area contributed by atoms with E-state index < -0.39 is 0 Å². The highest BCUT2D eigenvalue weighted by Gasteiger charge is 2.29. The van der Waals surface area contributed by atoms with Crippen molar-refractivity contribution in [3.05, 3.63) is 0 Å². The maximum absolute atomic E-state index is 3.72. The van der Waals surface area contributed by atoms with Gasteiger partial charge in [-0.2, -0.15) is 0 Å². The van der Waals surface area contributed by atoms with Crippen molar-refractivity contribution in [1.82, 2.24) is 10.2 Å². The second-order valence-corrected chi connectivity index (χ2v) is 6.36. The summed E-state index contributed by atoms with van der Waals surface area (Å²) >= 11 is 0. The van der Waals surface area contributed by atoms with E-state index in [0.29, 0.717) is 11.5 Å². The molecular weight excluding hydrogens is 196 g/mol. The first-order valence-electron chi connectivity index (χ1n) is 6.92. The van der Waals surface area contributed by atoms with Crippen LogP contribution in [0.4, 0.5) is 0 Å². The van der Waals surface area contributed by atoms with Crippen LogP contribution in [-0.4, -0.2) is 36.6 Å². The molecule has 0 saturated carbocycles. The van der Waals surface area contributed by atoms with Crippen molar-refractivity contribution in [3.8, 4) is 0 Å². The molecule has 0 aliphatic carbocycles. The quantitative estimate of drug-likeness (QED) is 0.775. The fourth-order valence-electron chi connectivity index (χ4n) is 2.46. The lowest BCUT2D eigenvalue weighted by molar-refractivity contribution is 0.169. The molecule has 0 spiro atoms. The van der Waals surface area contributed by atoms with E-state index in [1.807, 2.05) is 0 Å². The van der Waals surface area contributed by atoms with Gasteiger partial charge in [-0.25, -0.2) is 0 Å². The zero-order chi connectivity index (χ0) is 12.2. The Kier molecular flexibility index (Phi) is 5.26. The first kappa shape index (κ1) is 14.0. The molecule has 2 nitrogen and oxygen atoms in total. The Hall–Kier alpha value is -0.0800. The summed E-state index contributed by atoms with van der Waals surface area (Å²) < 4.78 is 0. The van der Waals surface area contributed by atoms with Gasteiger partial charge < -0.3 is 5.32 Å². The van der Waals surface area contributed by atoms with E-state index in [2.05, 4.69) is 44.8 Å². The van der Waals surface area contributed by atoms with Crippen LogP contribution in [0.25, 0.3) is 0 Å². The summed E-state index contributed by atoms with van der Waals surface area (Å²) in [7, 11) is 0. The standard InChI is InChI=1S/C14H30N2/c1-6-9-15-13(14(3,4)5)11-16-10-7-8-12(16)2/h12-13,15H,6-11H2,1-5H3. The third-order valence-corrected chi connectivity index (χ3v) is 3.79. The second kappa shape index (κ2) is 6.02. The highest BCUT2D eigenvalue weighted by molar-refractivity contribution is 4.86. The number of nitrogens with zero attached hydrogens (tertiary/aromatic N) is 1. The van der Waals surface area contributed by atoms with Gasteiger partial charge in [0.25, 0.3) is 0 Å². The van der Waals surface area contributed by atoms with Gasteiger partial charge in [0.2, 0.25) is 0 Å². The Morgan fingerprint density at radius 1 is 1.38 bits per heavy atom. The molecular formula is C14H30N2. The summed E-state index contributed by atoms with van der Waals surface area (Å²) in [6.07, 6.45) is 3.98. The van der Waals surface area contributed by atoms with Crippen molar-refractivity contribution in [2.45, 2.75) is 66.0 Å². The van der Waals surface area contributed by atoms with Gasteiger partial charge in [-0.3, -0.25) is 4.90 Å². The van der Waals surface area contributed by atoms with Crippen LogP contribution in [-0.2, 0) is 0 Å². The number of hydrogen-bond donors (Lipinski definition) is 1. The molecule has 0 aromatic heterocycles. The monoisotopic (exact) mass is 226 g/mol. The molecule has 1 aliphatic rings. The van der Waals surface area contributed by atoms with Crippen LogP contribution >= 0.6 is 0 Å². The summed E-state index contributed by atoms with van der Waals surface area (Å²) in [4.78, 5) is 2.65. The van der Waals surface area contributed by atoms with Gasteiger partial charge in [0.15, 0.2) is 0 Å². The Morgan fingerprint density at radius 3 is 2.50 bits per heavy atom. The second-order valence-electron chi connectivity index (χ2n) is 6.36. The minimum atomic E-state index is 0.359. The van der Waals surface area contributed by atoms with Crippen LogP contribution < -0.4 is 5.32 Å². The Morgan fingerprint density at radius 2 is 2.06 bits per heavy atom. The fraction of sp³-hybridized carbons (Fsp3) is 1.00. The molecule has 1 rings (SSSR count). The highest BCUT2D eigenvalue weighted by atomic mass is 15.2. The summed E-state index contributed by atoms with van der Waals surface area (Å²) in [5.74, 6) is 0. The first-order chi connectivity index (χ1) is 7.45. The van der Waals surface area contributed by atoms with Gasteiger partial charge in [-0.05, 0) is 44.7 Å². The van der Waals surface area contributed by atoms with Crippen LogP contribution in [0.5, 0.6) is 0 Å². The molecule has 1 fully saturated rings. The summed E-state index contributed by atoms with van der Waals surface area (Å²) in [5, 5.41) is 3.72. The number of hydrogen-bond acceptors (Lipinski definition) is 2. The van der Waals surface area contributed by atoms with Crippen LogP contribution in [0.1, 0.15) is 53.9 Å². The van der Waals surface area contributed by atoms with Crippen molar-refractivity contribution in [1.29, 1.82) is 0 Å². The van der Waals surface area contributed by atoms with Crippen LogP contribution in [0.2, 0.25) is 0 Å². The first-order valence-corrected chi connectivity index (χ1v) is 6.92. The smallest absolute Gasteiger partial charge is 0.0243 e. The van der Waals surface area contributed by atoms with Crippen LogP contribution in [0, 0.1) is 5.41 Å². The van der Waals surface area contributed by atoms with E-state index in [9.17, 15) is 0 Å². The van der Waals surface area contributed by atoms with Crippen molar-refractivity contribution >= 4 is 0 Å². The predicted octanol–water partition coefficient (Wildman–Crippen LogP) is 2.89. The molecule has 2 unspecified atom stereocenters. The molecule has 1 aliphatic heterocycles. The third kappa shape index (κ3) is 4.06. The van der Waals surface area contributed by atoms with E-state index in [1.165, 1.54) is 32.4 Å². The molecule has 0 radical (unpaired) electrons. The van der Waals surface area contributed by atoms with E-state index in [0.717, 1.165) is 12.6 Å². The SMILES string of the molecule is CCCNC(CN1CCCC1C)C(C)(C)C. The van der Waals surface area contributed by atoms with Crippen molar-refractivity contribution in [3.63, 3.8) is 0 Å². The molecule has 0 bridgehead atoms. The van der Waals surface area contributed by atoms with E-state index in [1.54, 1.807) is 0 Å². The van der Waals surface area contributed by atoms with Gasteiger partial charge in [-0.15, -0.1) is 0 Å². The van der Waals surface area contributed by atoms with E-state index >= 15 is 0 Å². The Labute approximate surface area is 102 Å². The molecule has 1 saturated heterocycles. The highest BCUT2D eigenvalue weighted by Crippen LogP contribution is 2.24. The zero-order valence-corrected chi connectivity index (χ0v) is 11.8. The number of nitrogens with one attached hydrogen (secondary N) is 1. The van der Waals surface area contributed by atoms with Crippen molar-refractivity contribution in [2.75, 3.05) is 19.6 Å².